The van der Waals surface area contributed by atoms with Crippen molar-refractivity contribution in [2.45, 2.75) is 34.1 Å². The Bertz CT molecular complexity index is 243. The normalized spacial score (nSPS) is 11.3. The number of nitro groups is 1. The molecule has 0 radical (unpaired) electrons. The summed E-state index contributed by atoms with van der Waals surface area (Å²) < 4.78 is 4.25. The molecule has 1 aliphatic rings. The zero-order chi connectivity index (χ0) is 14.1. The van der Waals surface area contributed by atoms with Gasteiger partial charge >= 0.3 is 0 Å². The molecule has 1 aliphatic carbocycles. The van der Waals surface area contributed by atoms with Gasteiger partial charge in [-0.15, -0.1) is 0 Å². The fourth-order valence-electron chi connectivity index (χ4n) is 0.704. The van der Waals surface area contributed by atoms with E-state index in [-0.39, 0.29) is 10.6 Å². The molecular weight excluding hydrogens is 218 g/mol. The molecule has 1 rings (SSSR count). The second kappa shape index (κ2) is 20.1. The summed E-state index contributed by atoms with van der Waals surface area (Å²) in [6.45, 7) is 8.00. The second-order valence-electron chi connectivity index (χ2n) is 2.32. The van der Waals surface area contributed by atoms with Crippen LogP contribution in [-0.2, 0) is 4.74 Å². The molecule has 4 heteroatoms. The summed E-state index contributed by atoms with van der Waals surface area (Å²) in [5.74, 6) is 0. The van der Waals surface area contributed by atoms with Crippen molar-refractivity contribution in [1.82, 2.24) is 0 Å². The molecule has 0 heterocycles. The maximum Gasteiger partial charge on any atom is 0.265 e. The lowest BCUT2D eigenvalue weighted by Crippen LogP contribution is -1.93. The first kappa shape index (κ1) is 20.9. The average molecular weight is 243 g/mol. The number of rotatable bonds is 1. The summed E-state index contributed by atoms with van der Waals surface area (Å²) in [6, 6.07) is 0. The van der Waals surface area contributed by atoms with Gasteiger partial charge in [0.05, 0.1) is 4.92 Å². The van der Waals surface area contributed by atoms with Crippen LogP contribution >= 0.6 is 0 Å². The first-order chi connectivity index (χ1) is 8.22. The molecule has 17 heavy (non-hydrogen) atoms. The highest BCUT2D eigenvalue weighted by atomic mass is 16.6. The van der Waals surface area contributed by atoms with Gasteiger partial charge in [0.25, 0.3) is 5.70 Å². The van der Waals surface area contributed by atoms with Crippen LogP contribution in [0.2, 0.25) is 0 Å². The summed E-state index contributed by atoms with van der Waals surface area (Å²) in [5, 5.41) is 10.2. The Hall–Kier alpha value is -1.42. The molecule has 0 spiro atoms. The summed E-state index contributed by atoms with van der Waals surface area (Å²) >= 11 is 0. The summed E-state index contributed by atoms with van der Waals surface area (Å²) in [4.78, 5) is 9.78. The molecular formula is C13H25NO3. The van der Waals surface area contributed by atoms with Gasteiger partial charge in [0.15, 0.2) is 0 Å². The molecule has 0 amide bonds. The van der Waals surface area contributed by atoms with Gasteiger partial charge in [-0.3, -0.25) is 10.1 Å². The van der Waals surface area contributed by atoms with Gasteiger partial charge < -0.3 is 4.74 Å². The van der Waals surface area contributed by atoms with Crippen molar-refractivity contribution in [3.05, 3.63) is 46.2 Å². The molecule has 4 nitrogen and oxygen atoms in total. The number of methoxy groups -OCH3 is 1. The molecule has 0 bridgehead atoms. The summed E-state index contributed by atoms with van der Waals surface area (Å²) in [6.07, 6.45) is 9.05. The minimum absolute atomic E-state index is 0.171. The molecule has 0 aromatic rings. The van der Waals surface area contributed by atoms with Crippen molar-refractivity contribution >= 4 is 0 Å². The number of nitrogens with zero attached hydrogens (tertiary/aromatic N) is 1. The number of allylic oxidation sites excluding steroid dienone is 5. The van der Waals surface area contributed by atoms with Crippen LogP contribution in [0.3, 0.4) is 0 Å². The molecule has 0 saturated heterocycles. The van der Waals surface area contributed by atoms with Crippen molar-refractivity contribution in [2.75, 3.05) is 14.2 Å². The maximum absolute atomic E-state index is 10.2. The number of hydrogen-bond acceptors (Lipinski definition) is 3. The van der Waals surface area contributed by atoms with E-state index < -0.39 is 0 Å². The van der Waals surface area contributed by atoms with Gasteiger partial charge in [0.1, 0.15) is 0 Å². The zero-order valence-electron chi connectivity index (χ0n) is 11.8. The molecule has 0 atom stereocenters. The van der Waals surface area contributed by atoms with Gasteiger partial charge in [-0.05, 0) is 12.5 Å². The second-order valence-corrected chi connectivity index (χ2v) is 2.32. The Kier molecular flexibility index (Phi) is 24.7. The van der Waals surface area contributed by atoms with E-state index in [0.717, 1.165) is 0 Å². The Morgan fingerprint density at radius 3 is 2.06 bits per heavy atom. The highest BCUT2D eigenvalue weighted by Crippen LogP contribution is 2.04. The SMILES string of the molecule is CC.CC.COC.O=[N+]([O-])C1=CCC=CC=C1. The fourth-order valence-corrected chi connectivity index (χ4v) is 0.704. The van der Waals surface area contributed by atoms with E-state index in [1.807, 2.05) is 33.8 Å². The van der Waals surface area contributed by atoms with Crippen LogP contribution in [-0.4, -0.2) is 19.1 Å². The molecule has 0 aromatic heterocycles. The molecule has 0 aliphatic heterocycles. The van der Waals surface area contributed by atoms with Gasteiger partial charge in [-0.25, -0.2) is 0 Å². The molecule has 0 fully saturated rings. The smallest absolute Gasteiger partial charge is 0.265 e. The van der Waals surface area contributed by atoms with E-state index in [9.17, 15) is 10.1 Å². The standard InChI is InChI=1S/C7H7NO2.C2H6O.2C2H6/c9-8(10)7-5-3-1-2-4-6-7;1-3-2;2*1-2/h1-3,5-6H,4H2;1-2H3;2*1-2H3. The number of ether oxygens (including phenoxy) is 1. The van der Waals surface area contributed by atoms with Crippen molar-refractivity contribution in [3.63, 3.8) is 0 Å². The highest BCUT2D eigenvalue weighted by Gasteiger charge is 2.03. The maximum atomic E-state index is 10.2. The first-order valence-corrected chi connectivity index (χ1v) is 5.80. The highest BCUT2D eigenvalue weighted by molar-refractivity contribution is 5.21. The Morgan fingerprint density at radius 2 is 1.65 bits per heavy atom. The minimum Gasteiger partial charge on any atom is -0.388 e. The van der Waals surface area contributed by atoms with E-state index in [2.05, 4.69) is 4.74 Å². The average Bonchev–Trinajstić information content (AvgIpc) is 2.64. The summed E-state index contributed by atoms with van der Waals surface area (Å²) in [7, 11) is 3.25. The van der Waals surface area contributed by atoms with Crippen LogP contribution in [0.15, 0.2) is 36.1 Å². The zero-order valence-corrected chi connectivity index (χ0v) is 11.8. The third-order valence-corrected chi connectivity index (χ3v) is 1.19. The third-order valence-electron chi connectivity index (χ3n) is 1.19. The monoisotopic (exact) mass is 243 g/mol. The Balaban J connectivity index is -0.000000239. The van der Waals surface area contributed by atoms with E-state index in [4.69, 9.17) is 0 Å². The first-order valence-electron chi connectivity index (χ1n) is 5.80. The lowest BCUT2D eigenvalue weighted by Gasteiger charge is -1.85. The molecule has 0 N–H and O–H groups in total. The quantitative estimate of drug-likeness (QED) is 0.517. The minimum atomic E-state index is -0.385. The van der Waals surface area contributed by atoms with Crippen molar-refractivity contribution in [3.8, 4) is 0 Å². The lowest BCUT2D eigenvalue weighted by molar-refractivity contribution is -0.419. The van der Waals surface area contributed by atoms with E-state index in [0.29, 0.717) is 6.42 Å². The molecule has 0 aromatic carbocycles. The molecule has 0 saturated carbocycles. The largest absolute Gasteiger partial charge is 0.388 e. The van der Waals surface area contributed by atoms with E-state index >= 15 is 0 Å². The van der Waals surface area contributed by atoms with Crippen LogP contribution < -0.4 is 0 Å². The van der Waals surface area contributed by atoms with Gasteiger partial charge in [-0.2, -0.15) is 0 Å². The summed E-state index contributed by atoms with van der Waals surface area (Å²) in [5.41, 5.74) is 0.171. The van der Waals surface area contributed by atoms with Gasteiger partial charge in [0.2, 0.25) is 0 Å². The Morgan fingerprint density at radius 1 is 1.18 bits per heavy atom. The number of hydrogen-bond donors (Lipinski definition) is 0. The van der Waals surface area contributed by atoms with Crippen molar-refractivity contribution in [1.29, 1.82) is 0 Å². The molecule has 0 unspecified atom stereocenters. The van der Waals surface area contributed by atoms with Crippen molar-refractivity contribution in [2.24, 2.45) is 0 Å². The van der Waals surface area contributed by atoms with Crippen LogP contribution in [0.25, 0.3) is 0 Å². The van der Waals surface area contributed by atoms with Crippen molar-refractivity contribution < 1.29 is 9.66 Å². The van der Waals surface area contributed by atoms with E-state index in [1.54, 1.807) is 32.4 Å². The molecule has 100 valence electrons. The topological polar surface area (TPSA) is 52.4 Å². The Labute approximate surface area is 105 Å². The van der Waals surface area contributed by atoms with Gasteiger partial charge in [-0.1, -0.05) is 45.9 Å². The predicted octanol–water partition coefficient (Wildman–Crippen LogP) is 3.98. The van der Waals surface area contributed by atoms with Crippen LogP contribution in [0, 0.1) is 10.1 Å². The van der Waals surface area contributed by atoms with Gasteiger partial charge in [0, 0.05) is 20.3 Å². The van der Waals surface area contributed by atoms with Crippen LogP contribution in [0.5, 0.6) is 0 Å². The van der Waals surface area contributed by atoms with Crippen LogP contribution in [0.1, 0.15) is 34.1 Å². The van der Waals surface area contributed by atoms with E-state index in [1.165, 1.54) is 6.08 Å². The fraction of sp³-hybridized carbons (Fsp3) is 0.538. The van der Waals surface area contributed by atoms with Crippen LogP contribution in [0.4, 0.5) is 0 Å². The third kappa shape index (κ3) is 17.2. The predicted molar refractivity (Wildman–Crippen MR) is 73.6 cm³/mol. The lowest BCUT2D eigenvalue weighted by atomic mass is 10.3.